The molecule has 0 aliphatic carbocycles. The number of nitrogens with zero attached hydrogens (tertiary/aromatic N) is 4. The third-order valence-corrected chi connectivity index (χ3v) is 2.23. The van der Waals surface area contributed by atoms with Crippen LogP contribution in [0.4, 0.5) is 5.82 Å². The predicted molar refractivity (Wildman–Crippen MR) is 48.2 cm³/mol. The molecule has 4 nitrogen and oxygen atoms in total. The Kier molecular flexibility index (Phi) is 2.09. The normalized spacial score (nSPS) is 15.8. The van der Waals surface area contributed by atoms with Gasteiger partial charge in [-0.3, -0.25) is 0 Å². The van der Waals surface area contributed by atoms with Gasteiger partial charge in [0.25, 0.3) is 0 Å². The largest absolute Gasteiger partial charge is 0.354 e. The first-order valence-electron chi connectivity index (χ1n) is 4.38. The van der Waals surface area contributed by atoms with Crippen molar-refractivity contribution in [3.8, 4) is 6.07 Å². The van der Waals surface area contributed by atoms with Crippen LogP contribution in [-0.4, -0.2) is 23.3 Å². The Morgan fingerprint density at radius 1 is 1.38 bits per heavy atom. The van der Waals surface area contributed by atoms with E-state index in [-0.39, 0.29) is 0 Å². The highest BCUT2D eigenvalue weighted by atomic mass is 15.3. The molecule has 0 aromatic carbocycles. The summed E-state index contributed by atoms with van der Waals surface area (Å²) in [5.41, 5.74) is 0.622. The molecular weight excluding hydrogens is 164 g/mol. The molecule has 1 aliphatic rings. The minimum atomic E-state index is 0.622. The maximum Gasteiger partial charge on any atom is 0.169 e. The summed E-state index contributed by atoms with van der Waals surface area (Å²) in [4.78, 5) is 2.12. The third-order valence-electron chi connectivity index (χ3n) is 2.23. The third kappa shape index (κ3) is 1.45. The molecule has 4 heteroatoms. The van der Waals surface area contributed by atoms with Gasteiger partial charge >= 0.3 is 0 Å². The van der Waals surface area contributed by atoms with E-state index in [4.69, 9.17) is 5.26 Å². The zero-order chi connectivity index (χ0) is 9.10. The van der Waals surface area contributed by atoms with Gasteiger partial charge in [0.1, 0.15) is 6.07 Å². The van der Waals surface area contributed by atoms with Gasteiger partial charge in [-0.25, -0.2) is 0 Å². The van der Waals surface area contributed by atoms with Crippen molar-refractivity contribution < 1.29 is 0 Å². The number of hydrogen-bond acceptors (Lipinski definition) is 4. The lowest BCUT2D eigenvalue weighted by Crippen LogP contribution is -2.20. The van der Waals surface area contributed by atoms with Gasteiger partial charge in [-0.1, -0.05) is 0 Å². The van der Waals surface area contributed by atoms with E-state index in [1.165, 1.54) is 12.8 Å². The maximum absolute atomic E-state index is 8.83. The van der Waals surface area contributed by atoms with Crippen LogP contribution >= 0.6 is 0 Å². The van der Waals surface area contributed by atoms with E-state index in [0.29, 0.717) is 5.56 Å². The average molecular weight is 174 g/mol. The minimum absolute atomic E-state index is 0.622. The van der Waals surface area contributed by atoms with Crippen molar-refractivity contribution in [2.45, 2.75) is 12.8 Å². The molecule has 1 aromatic rings. The first-order valence-corrected chi connectivity index (χ1v) is 4.38. The molecule has 13 heavy (non-hydrogen) atoms. The molecule has 1 aromatic heterocycles. The first-order chi connectivity index (χ1) is 6.42. The monoisotopic (exact) mass is 174 g/mol. The van der Waals surface area contributed by atoms with Gasteiger partial charge in [-0.15, -0.1) is 5.10 Å². The Morgan fingerprint density at radius 2 is 2.15 bits per heavy atom. The van der Waals surface area contributed by atoms with Crippen molar-refractivity contribution in [3.05, 3.63) is 17.8 Å². The van der Waals surface area contributed by atoms with Crippen LogP contribution in [0.25, 0.3) is 0 Å². The Labute approximate surface area is 76.8 Å². The fourth-order valence-electron chi connectivity index (χ4n) is 1.57. The first kappa shape index (κ1) is 7.99. The molecule has 0 N–H and O–H groups in total. The zero-order valence-corrected chi connectivity index (χ0v) is 7.27. The SMILES string of the molecule is N#Cc1ccnnc1N1CCCC1. The van der Waals surface area contributed by atoms with E-state index in [0.717, 1.165) is 18.9 Å². The second kappa shape index (κ2) is 3.40. The van der Waals surface area contributed by atoms with Crippen molar-refractivity contribution in [2.75, 3.05) is 18.0 Å². The summed E-state index contributed by atoms with van der Waals surface area (Å²) in [6, 6.07) is 3.84. The molecular formula is C9H10N4. The number of hydrogen-bond donors (Lipinski definition) is 0. The molecule has 1 saturated heterocycles. The molecule has 0 spiro atoms. The van der Waals surface area contributed by atoms with E-state index >= 15 is 0 Å². The van der Waals surface area contributed by atoms with Crippen molar-refractivity contribution in [2.24, 2.45) is 0 Å². The van der Waals surface area contributed by atoms with Gasteiger partial charge in [0.2, 0.25) is 0 Å². The second-order valence-electron chi connectivity index (χ2n) is 3.07. The molecule has 2 heterocycles. The van der Waals surface area contributed by atoms with Crippen molar-refractivity contribution in [1.82, 2.24) is 10.2 Å². The molecule has 0 saturated carbocycles. The lowest BCUT2D eigenvalue weighted by Gasteiger charge is -2.15. The Morgan fingerprint density at radius 3 is 2.85 bits per heavy atom. The van der Waals surface area contributed by atoms with Crippen LogP contribution in [0, 0.1) is 11.3 Å². The summed E-state index contributed by atoms with van der Waals surface area (Å²) in [5, 5.41) is 16.6. The van der Waals surface area contributed by atoms with Gasteiger partial charge in [-0.05, 0) is 18.9 Å². The highest BCUT2D eigenvalue weighted by Crippen LogP contribution is 2.19. The van der Waals surface area contributed by atoms with Crippen LogP contribution in [0.1, 0.15) is 18.4 Å². The van der Waals surface area contributed by atoms with Crippen LogP contribution in [-0.2, 0) is 0 Å². The van der Waals surface area contributed by atoms with Crippen molar-refractivity contribution in [3.63, 3.8) is 0 Å². The second-order valence-corrected chi connectivity index (χ2v) is 3.07. The molecule has 66 valence electrons. The lowest BCUT2D eigenvalue weighted by atomic mass is 10.3. The summed E-state index contributed by atoms with van der Waals surface area (Å²) < 4.78 is 0. The standard InChI is InChI=1S/C9H10N4/c10-7-8-3-4-11-12-9(8)13-5-1-2-6-13/h3-4H,1-2,5-6H2. The zero-order valence-electron chi connectivity index (χ0n) is 7.27. The highest BCUT2D eigenvalue weighted by Gasteiger charge is 2.16. The Bertz CT molecular complexity index is 336. The molecule has 0 bridgehead atoms. The van der Waals surface area contributed by atoms with Crippen LogP contribution < -0.4 is 4.90 Å². The number of anilines is 1. The summed E-state index contributed by atoms with van der Waals surface area (Å²) in [5.74, 6) is 0.738. The summed E-state index contributed by atoms with van der Waals surface area (Å²) in [6.07, 6.45) is 3.92. The quantitative estimate of drug-likeness (QED) is 0.636. The summed E-state index contributed by atoms with van der Waals surface area (Å²) >= 11 is 0. The van der Waals surface area contributed by atoms with E-state index in [2.05, 4.69) is 21.2 Å². The molecule has 1 aliphatic heterocycles. The van der Waals surface area contributed by atoms with E-state index in [9.17, 15) is 0 Å². The molecule has 0 radical (unpaired) electrons. The van der Waals surface area contributed by atoms with E-state index in [1.54, 1.807) is 12.3 Å². The van der Waals surface area contributed by atoms with Crippen LogP contribution in [0.3, 0.4) is 0 Å². The molecule has 2 rings (SSSR count). The van der Waals surface area contributed by atoms with Gasteiger partial charge in [0.05, 0.1) is 11.8 Å². The van der Waals surface area contributed by atoms with E-state index < -0.39 is 0 Å². The molecule has 0 amide bonds. The maximum atomic E-state index is 8.83. The number of nitriles is 1. The molecule has 0 unspecified atom stereocenters. The topological polar surface area (TPSA) is 52.8 Å². The molecule has 1 fully saturated rings. The van der Waals surface area contributed by atoms with Crippen molar-refractivity contribution in [1.29, 1.82) is 5.26 Å². The van der Waals surface area contributed by atoms with Gasteiger partial charge < -0.3 is 4.90 Å². The van der Waals surface area contributed by atoms with E-state index in [1.807, 2.05) is 0 Å². The predicted octanol–water partition coefficient (Wildman–Crippen LogP) is 0.948. The smallest absolute Gasteiger partial charge is 0.169 e. The fraction of sp³-hybridized carbons (Fsp3) is 0.444. The number of rotatable bonds is 1. The van der Waals surface area contributed by atoms with Gasteiger partial charge in [-0.2, -0.15) is 10.4 Å². The lowest BCUT2D eigenvalue weighted by molar-refractivity contribution is 0.889. The van der Waals surface area contributed by atoms with Crippen LogP contribution in [0.2, 0.25) is 0 Å². The fourth-order valence-corrected chi connectivity index (χ4v) is 1.57. The number of aromatic nitrogens is 2. The summed E-state index contributed by atoms with van der Waals surface area (Å²) in [6.45, 7) is 1.99. The van der Waals surface area contributed by atoms with Crippen LogP contribution in [0.5, 0.6) is 0 Å². The van der Waals surface area contributed by atoms with Gasteiger partial charge in [0.15, 0.2) is 5.82 Å². The van der Waals surface area contributed by atoms with Crippen molar-refractivity contribution >= 4 is 5.82 Å². The van der Waals surface area contributed by atoms with Gasteiger partial charge in [0, 0.05) is 13.1 Å². The Hall–Kier alpha value is -1.63. The average Bonchev–Trinajstić information content (AvgIpc) is 2.70. The summed E-state index contributed by atoms with van der Waals surface area (Å²) in [7, 11) is 0. The Balaban J connectivity index is 2.33. The molecule has 0 atom stereocenters. The minimum Gasteiger partial charge on any atom is -0.354 e. The van der Waals surface area contributed by atoms with Crippen LogP contribution in [0.15, 0.2) is 12.3 Å². The highest BCUT2D eigenvalue weighted by molar-refractivity contribution is 5.52.